The maximum absolute atomic E-state index is 6.22. The van der Waals surface area contributed by atoms with Gasteiger partial charge in [0.15, 0.2) is 0 Å². The summed E-state index contributed by atoms with van der Waals surface area (Å²) in [5, 5.41) is 4.78. The largest absolute Gasteiger partial charge is 0.320 e. The Morgan fingerprint density at radius 1 is 1.12 bits per heavy atom. The Hall–Kier alpha value is 0.130. The van der Waals surface area contributed by atoms with E-state index in [0.717, 1.165) is 20.1 Å². The van der Waals surface area contributed by atoms with Crippen LogP contribution in [0.1, 0.15) is 17.2 Å². The molecular weight excluding hydrogens is 373 g/mol. The van der Waals surface area contributed by atoms with Crippen LogP contribution >= 0.6 is 54.8 Å². The number of hydrogen-bond donors (Lipinski definition) is 1. The van der Waals surface area contributed by atoms with Crippen LogP contribution < -0.4 is 5.73 Å². The second-order valence-corrected chi connectivity index (χ2v) is 6.21. The zero-order chi connectivity index (χ0) is 11.7. The van der Waals surface area contributed by atoms with Crippen LogP contribution in [0.25, 0.3) is 0 Å². The van der Waals surface area contributed by atoms with Gasteiger partial charge in [0.25, 0.3) is 0 Å². The Morgan fingerprint density at radius 3 is 2.44 bits per heavy atom. The predicted octanol–water partition coefficient (Wildman–Crippen LogP) is 4.97. The van der Waals surface area contributed by atoms with Crippen molar-refractivity contribution in [1.29, 1.82) is 0 Å². The van der Waals surface area contributed by atoms with E-state index in [1.54, 1.807) is 11.3 Å². The molecule has 0 aliphatic carbocycles. The van der Waals surface area contributed by atoms with Crippen molar-refractivity contribution in [2.24, 2.45) is 5.73 Å². The second-order valence-electron chi connectivity index (χ2n) is 3.32. The first kappa shape index (κ1) is 12.6. The number of benzene rings is 1. The second kappa shape index (κ2) is 5.19. The molecule has 1 unspecified atom stereocenters. The van der Waals surface area contributed by atoms with Crippen LogP contribution in [0.3, 0.4) is 0 Å². The molecule has 0 amide bonds. The highest BCUT2D eigenvalue weighted by molar-refractivity contribution is 9.10. The third kappa shape index (κ3) is 2.51. The number of hydrogen-bond acceptors (Lipinski definition) is 2. The van der Waals surface area contributed by atoms with E-state index in [1.807, 2.05) is 23.6 Å². The van der Waals surface area contributed by atoms with Crippen molar-refractivity contribution in [3.8, 4) is 0 Å². The van der Waals surface area contributed by atoms with Crippen molar-refractivity contribution < 1.29 is 0 Å². The van der Waals surface area contributed by atoms with Gasteiger partial charge in [0, 0.05) is 19.3 Å². The summed E-state index contributed by atoms with van der Waals surface area (Å²) in [6.07, 6.45) is 0. The molecule has 0 fully saturated rings. The molecule has 84 valence electrons. The lowest BCUT2D eigenvalue weighted by Gasteiger charge is -2.13. The minimum atomic E-state index is -0.146. The number of nitrogens with two attached hydrogens (primary N) is 1. The number of thiophene rings is 1. The first-order chi connectivity index (χ1) is 7.59. The maximum Gasteiger partial charge on any atom is 0.0582 e. The topological polar surface area (TPSA) is 26.0 Å². The molecule has 16 heavy (non-hydrogen) atoms. The van der Waals surface area contributed by atoms with Gasteiger partial charge in [-0.25, -0.2) is 0 Å². The summed E-state index contributed by atoms with van der Waals surface area (Å²) in [6.45, 7) is 0. The Balaban J connectivity index is 2.41. The molecule has 1 nitrogen and oxygen atoms in total. The van der Waals surface area contributed by atoms with Crippen molar-refractivity contribution in [1.82, 2.24) is 0 Å². The van der Waals surface area contributed by atoms with E-state index in [2.05, 4.69) is 37.2 Å². The first-order valence-corrected chi connectivity index (χ1v) is 7.42. The van der Waals surface area contributed by atoms with Gasteiger partial charge < -0.3 is 5.73 Å². The van der Waals surface area contributed by atoms with Gasteiger partial charge in [0.1, 0.15) is 0 Å². The fraction of sp³-hybridized carbons (Fsp3) is 0.0909. The molecule has 1 atom stereocenters. The monoisotopic (exact) mass is 379 g/mol. The molecule has 0 radical (unpaired) electrons. The molecular formula is C11H8Br2ClNS. The van der Waals surface area contributed by atoms with E-state index in [0.29, 0.717) is 5.02 Å². The molecule has 0 spiro atoms. The zero-order valence-corrected chi connectivity index (χ0v) is 12.8. The van der Waals surface area contributed by atoms with Crippen molar-refractivity contribution in [2.45, 2.75) is 6.04 Å². The van der Waals surface area contributed by atoms with Crippen molar-refractivity contribution in [3.05, 3.63) is 54.1 Å². The lowest BCUT2D eigenvalue weighted by molar-refractivity contribution is 0.866. The fourth-order valence-electron chi connectivity index (χ4n) is 1.43. The molecule has 1 heterocycles. The summed E-state index contributed by atoms with van der Waals surface area (Å²) >= 11 is 14.5. The van der Waals surface area contributed by atoms with E-state index in [-0.39, 0.29) is 6.04 Å². The van der Waals surface area contributed by atoms with Crippen molar-refractivity contribution in [2.75, 3.05) is 0 Å². The van der Waals surface area contributed by atoms with E-state index >= 15 is 0 Å². The van der Waals surface area contributed by atoms with Crippen LogP contribution in [0.4, 0.5) is 0 Å². The Kier molecular flexibility index (Phi) is 4.08. The predicted molar refractivity (Wildman–Crippen MR) is 77.2 cm³/mol. The van der Waals surface area contributed by atoms with Gasteiger partial charge in [0.05, 0.1) is 6.04 Å². The first-order valence-electron chi connectivity index (χ1n) is 4.51. The van der Waals surface area contributed by atoms with E-state index in [4.69, 9.17) is 17.3 Å². The minimum absolute atomic E-state index is 0.146. The normalized spacial score (nSPS) is 12.8. The summed E-state index contributed by atoms with van der Waals surface area (Å²) in [5.74, 6) is 0. The van der Waals surface area contributed by atoms with Gasteiger partial charge in [-0.05, 0) is 44.6 Å². The third-order valence-corrected chi connectivity index (χ3v) is 4.95. The lowest BCUT2D eigenvalue weighted by Crippen LogP contribution is -2.12. The number of rotatable bonds is 2. The molecule has 1 aromatic heterocycles. The summed E-state index contributed by atoms with van der Waals surface area (Å²) in [6, 6.07) is 5.51. The Bertz CT molecular complexity index is 512. The van der Waals surface area contributed by atoms with Crippen LogP contribution in [-0.2, 0) is 0 Å². The van der Waals surface area contributed by atoms with Gasteiger partial charge in [-0.1, -0.05) is 33.6 Å². The van der Waals surface area contributed by atoms with Gasteiger partial charge in [0.2, 0.25) is 0 Å². The summed E-state index contributed by atoms with van der Waals surface area (Å²) in [7, 11) is 0. The van der Waals surface area contributed by atoms with E-state index in [1.165, 1.54) is 0 Å². The Morgan fingerprint density at radius 2 is 1.88 bits per heavy atom. The molecule has 2 aromatic rings. The highest BCUT2D eigenvalue weighted by Gasteiger charge is 2.15. The molecule has 0 bridgehead atoms. The average Bonchev–Trinajstić information content (AvgIpc) is 2.63. The van der Waals surface area contributed by atoms with Crippen LogP contribution in [0.2, 0.25) is 5.02 Å². The van der Waals surface area contributed by atoms with Crippen molar-refractivity contribution in [3.63, 3.8) is 0 Å². The number of halogens is 3. The van der Waals surface area contributed by atoms with E-state index < -0.39 is 0 Å². The highest BCUT2D eigenvalue weighted by Crippen LogP contribution is 2.34. The van der Waals surface area contributed by atoms with Gasteiger partial charge >= 0.3 is 0 Å². The summed E-state index contributed by atoms with van der Waals surface area (Å²) < 4.78 is 1.98. The smallest absolute Gasteiger partial charge is 0.0582 e. The molecule has 5 heteroatoms. The quantitative estimate of drug-likeness (QED) is 0.780. The zero-order valence-electron chi connectivity index (χ0n) is 8.08. The van der Waals surface area contributed by atoms with Gasteiger partial charge in [-0.15, -0.1) is 0 Å². The molecule has 1 aromatic carbocycles. The van der Waals surface area contributed by atoms with Gasteiger partial charge in [-0.3, -0.25) is 0 Å². The maximum atomic E-state index is 6.22. The molecule has 0 aliphatic heterocycles. The fourth-order valence-corrected chi connectivity index (χ4v) is 3.94. The molecule has 2 N–H and O–H groups in total. The standard InChI is InChI=1S/C11H8Br2ClNS/c12-9-3-6(14)1-2-7(9)11(15)8-4-16-5-10(8)13/h1-5,11H,15H2. The van der Waals surface area contributed by atoms with Crippen molar-refractivity contribution >= 4 is 54.8 Å². The molecule has 0 aliphatic rings. The van der Waals surface area contributed by atoms with Crippen LogP contribution in [-0.4, -0.2) is 0 Å². The SMILES string of the molecule is NC(c1ccc(Cl)cc1Br)c1cscc1Br. The van der Waals surface area contributed by atoms with Crippen LogP contribution in [0.5, 0.6) is 0 Å². The van der Waals surface area contributed by atoms with Crippen LogP contribution in [0.15, 0.2) is 37.9 Å². The molecule has 2 rings (SSSR count). The van der Waals surface area contributed by atoms with Gasteiger partial charge in [-0.2, -0.15) is 11.3 Å². The van der Waals surface area contributed by atoms with Crippen LogP contribution in [0, 0.1) is 0 Å². The molecule has 0 saturated carbocycles. The highest BCUT2D eigenvalue weighted by atomic mass is 79.9. The van der Waals surface area contributed by atoms with E-state index in [9.17, 15) is 0 Å². The summed E-state index contributed by atoms with van der Waals surface area (Å²) in [4.78, 5) is 0. The average molecular weight is 382 g/mol. The Labute approximate surface area is 120 Å². The molecule has 0 saturated heterocycles. The minimum Gasteiger partial charge on any atom is -0.320 e. The third-order valence-electron chi connectivity index (χ3n) is 2.27. The summed E-state index contributed by atoms with van der Waals surface area (Å²) in [5.41, 5.74) is 8.34. The lowest BCUT2D eigenvalue weighted by atomic mass is 10.0.